The molecule has 3 nitrogen and oxygen atoms in total. The third-order valence-electron chi connectivity index (χ3n) is 2.62. The summed E-state index contributed by atoms with van der Waals surface area (Å²) in [4.78, 5) is 2.11. The molecule has 1 aromatic heterocycles. The third kappa shape index (κ3) is 2.64. The van der Waals surface area contributed by atoms with E-state index in [0.29, 0.717) is 5.15 Å². The van der Waals surface area contributed by atoms with Gasteiger partial charge in [0, 0.05) is 30.1 Å². The molecule has 2 aromatic rings. The van der Waals surface area contributed by atoms with Gasteiger partial charge < -0.3 is 4.90 Å². The van der Waals surface area contributed by atoms with Crippen LogP contribution >= 0.6 is 23.4 Å². The van der Waals surface area contributed by atoms with Crippen LogP contribution in [0.25, 0.3) is 10.8 Å². The second kappa shape index (κ2) is 5.56. The molecule has 0 spiro atoms. The molecule has 0 N–H and O–H groups in total. The zero-order chi connectivity index (χ0) is 12.3. The van der Waals surface area contributed by atoms with Gasteiger partial charge in [0.2, 0.25) is 0 Å². The molecule has 2 rings (SSSR count). The van der Waals surface area contributed by atoms with Crippen molar-refractivity contribution in [3.05, 3.63) is 29.4 Å². The molecule has 0 saturated heterocycles. The molecule has 0 radical (unpaired) electrons. The van der Waals surface area contributed by atoms with E-state index >= 15 is 0 Å². The number of rotatable bonds is 4. The fourth-order valence-electron chi connectivity index (χ4n) is 1.67. The Morgan fingerprint density at radius 3 is 2.65 bits per heavy atom. The van der Waals surface area contributed by atoms with E-state index in [0.717, 1.165) is 28.9 Å². The highest BCUT2D eigenvalue weighted by molar-refractivity contribution is 7.98. The average Bonchev–Trinajstić information content (AvgIpc) is 2.37. The van der Waals surface area contributed by atoms with Crippen LogP contribution in [0.5, 0.6) is 0 Å². The van der Waals surface area contributed by atoms with Gasteiger partial charge in [0.25, 0.3) is 0 Å². The Bertz CT molecular complexity index is 518. The maximum absolute atomic E-state index is 6.04. The highest BCUT2D eigenvalue weighted by Gasteiger charge is 2.10. The van der Waals surface area contributed by atoms with E-state index in [-0.39, 0.29) is 0 Å². The van der Waals surface area contributed by atoms with Crippen LogP contribution < -0.4 is 4.90 Å². The van der Waals surface area contributed by atoms with Crippen LogP contribution in [-0.4, -0.2) is 35.8 Å². The van der Waals surface area contributed by atoms with Gasteiger partial charge in [-0.05, 0) is 6.26 Å². The molecule has 0 aliphatic carbocycles. The molecule has 0 aliphatic heterocycles. The van der Waals surface area contributed by atoms with Crippen LogP contribution in [-0.2, 0) is 0 Å². The normalized spacial score (nSPS) is 10.8. The van der Waals surface area contributed by atoms with Crippen molar-refractivity contribution < 1.29 is 0 Å². The van der Waals surface area contributed by atoms with E-state index in [2.05, 4.69) is 21.4 Å². The predicted molar refractivity (Wildman–Crippen MR) is 76.2 cm³/mol. The van der Waals surface area contributed by atoms with Gasteiger partial charge in [-0.2, -0.15) is 11.8 Å². The number of hydrogen-bond donors (Lipinski definition) is 0. The summed E-state index contributed by atoms with van der Waals surface area (Å²) in [5.74, 6) is 1.95. The van der Waals surface area contributed by atoms with Crippen molar-refractivity contribution in [3.8, 4) is 0 Å². The molecule has 0 fully saturated rings. The molecule has 0 saturated carbocycles. The van der Waals surface area contributed by atoms with Crippen LogP contribution in [0.3, 0.4) is 0 Å². The molecule has 17 heavy (non-hydrogen) atoms. The minimum absolute atomic E-state index is 0.461. The first-order valence-electron chi connectivity index (χ1n) is 5.35. The summed E-state index contributed by atoms with van der Waals surface area (Å²) in [5, 5.41) is 10.7. The predicted octanol–water partition coefficient (Wildman–Crippen LogP) is 3.08. The summed E-state index contributed by atoms with van der Waals surface area (Å²) < 4.78 is 0. The SMILES string of the molecule is CSCCN(C)c1nnc(Cl)c2ccccc12. The summed E-state index contributed by atoms with van der Waals surface area (Å²) in [5.41, 5.74) is 0. The third-order valence-corrected chi connectivity index (χ3v) is 3.49. The quantitative estimate of drug-likeness (QED) is 0.851. The van der Waals surface area contributed by atoms with Crippen LogP contribution in [0.2, 0.25) is 5.15 Å². The van der Waals surface area contributed by atoms with Crippen molar-refractivity contribution in [2.45, 2.75) is 0 Å². The van der Waals surface area contributed by atoms with Crippen molar-refractivity contribution in [1.82, 2.24) is 10.2 Å². The van der Waals surface area contributed by atoms with Gasteiger partial charge in [0.15, 0.2) is 11.0 Å². The zero-order valence-corrected chi connectivity index (χ0v) is 11.4. The smallest absolute Gasteiger partial charge is 0.159 e. The first-order valence-corrected chi connectivity index (χ1v) is 7.12. The Morgan fingerprint density at radius 1 is 1.24 bits per heavy atom. The van der Waals surface area contributed by atoms with Gasteiger partial charge in [0.05, 0.1) is 0 Å². The van der Waals surface area contributed by atoms with E-state index in [9.17, 15) is 0 Å². The first kappa shape index (κ1) is 12.5. The lowest BCUT2D eigenvalue weighted by Crippen LogP contribution is -2.22. The van der Waals surface area contributed by atoms with E-state index in [4.69, 9.17) is 11.6 Å². The molecule has 5 heteroatoms. The van der Waals surface area contributed by atoms with E-state index in [1.165, 1.54) is 0 Å². The van der Waals surface area contributed by atoms with E-state index in [1.807, 2.05) is 43.1 Å². The Balaban J connectivity index is 2.44. The largest absolute Gasteiger partial charge is 0.357 e. The molecule has 0 atom stereocenters. The molecule has 1 aromatic carbocycles. The van der Waals surface area contributed by atoms with Crippen LogP contribution in [0.15, 0.2) is 24.3 Å². The van der Waals surface area contributed by atoms with Gasteiger partial charge >= 0.3 is 0 Å². The molecule has 90 valence electrons. The van der Waals surface area contributed by atoms with Gasteiger partial charge in [-0.15, -0.1) is 10.2 Å². The van der Waals surface area contributed by atoms with Gasteiger partial charge in [-0.3, -0.25) is 0 Å². The number of aromatic nitrogens is 2. The van der Waals surface area contributed by atoms with E-state index < -0.39 is 0 Å². The maximum Gasteiger partial charge on any atom is 0.159 e. The minimum atomic E-state index is 0.461. The van der Waals surface area contributed by atoms with Gasteiger partial charge in [0.1, 0.15) is 0 Å². The number of thioether (sulfide) groups is 1. The summed E-state index contributed by atoms with van der Waals surface area (Å²) in [6.07, 6.45) is 2.10. The fourth-order valence-corrected chi connectivity index (χ4v) is 2.33. The second-order valence-corrected chi connectivity index (χ2v) is 5.12. The number of benzene rings is 1. The number of fused-ring (bicyclic) bond motifs is 1. The number of halogens is 1. The highest BCUT2D eigenvalue weighted by atomic mass is 35.5. The summed E-state index contributed by atoms with van der Waals surface area (Å²) >= 11 is 7.86. The second-order valence-electron chi connectivity index (χ2n) is 3.77. The van der Waals surface area contributed by atoms with Crippen LogP contribution in [0.4, 0.5) is 5.82 Å². The first-order chi connectivity index (χ1) is 8.24. The van der Waals surface area contributed by atoms with Crippen LogP contribution in [0, 0.1) is 0 Å². The standard InChI is InChI=1S/C12H14ClN3S/c1-16(7-8-17-2)12-10-6-4-3-5-9(10)11(13)14-15-12/h3-6H,7-8H2,1-2H3. The Morgan fingerprint density at radius 2 is 1.94 bits per heavy atom. The summed E-state index contributed by atoms with van der Waals surface area (Å²) in [6.45, 7) is 0.946. The van der Waals surface area contributed by atoms with E-state index in [1.54, 1.807) is 0 Å². The molecule has 1 heterocycles. The molecular weight excluding hydrogens is 254 g/mol. The highest BCUT2D eigenvalue weighted by Crippen LogP contribution is 2.27. The number of hydrogen-bond acceptors (Lipinski definition) is 4. The topological polar surface area (TPSA) is 29.0 Å². The molecular formula is C12H14ClN3S. The number of anilines is 1. The van der Waals surface area contributed by atoms with Crippen LogP contribution in [0.1, 0.15) is 0 Å². The molecule has 0 amide bonds. The minimum Gasteiger partial charge on any atom is -0.357 e. The Kier molecular flexibility index (Phi) is 4.07. The lowest BCUT2D eigenvalue weighted by Gasteiger charge is -2.18. The molecule has 0 bridgehead atoms. The molecule has 0 aliphatic rings. The Hall–Kier alpha value is -1.00. The lowest BCUT2D eigenvalue weighted by atomic mass is 10.2. The average molecular weight is 268 g/mol. The lowest BCUT2D eigenvalue weighted by molar-refractivity contribution is 0.914. The van der Waals surface area contributed by atoms with Crippen molar-refractivity contribution in [2.24, 2.45) is 0 Å². The summed E-state index contributed by atoms with van der Waals surface area (Å²) in [7, 11) is 2.03. The maximum atomic E-state index is 6.04. The van der Waals surface area contributed by atoms with Crippen molar-refractivity contribution >= 4 is 40.0 Å². The van der Waals surface area contributed by atoms with Gasteiger partial charge in [-0.25, -0.2) is 0 Å². The number of nitrogens with zero attached hydrogens (tertiary/aromatic N) is 3. The zero-order valence-electron chi connectivity index (χ0n) is 9.85. The van der Waals surface area contributed by atoms with Crippen molar-refractivity contribution in [2.75, 3.05) is 30.5 Å². The Labute approximate surface area is 110 Å². The monoisotopic (exact) mass is 267 g/mol. The van der Waals surface area contributed by atoms with Crippen molar-refractivity contribution in [1.29, 1.82) is 0 Å². The summed E-state index contributed by atoms with van der Waals surface area (Å²) in [6, 6.07) is 7.95. The van der Waals surface area contributed by atoms with Crippen molar-refractivity contribution in [3.63, 3.8) is 0 Å². The molecule has 0 unspecified atom stereocenters. The van der Waals surface area contributed by atoms with Gasteiger partial charge in [-0.1, -0.05) is 35.9 Å². The fraction of sp³-hybridized carbons (Fsp3) is 0.333.